The highest BCUT2D eigenvalue weighted by Gasteiger charge is 2.17. The smallest absolute Gasteiger partial charge is 0.268 e. The molecule has 0 saturated carbocycles. The highest BCUT2D eigenvalue weighted by molar-refractivity contribution is 7.98. The average Bonchev–Trinajstić information content (AvgIpc) is 2.80. The molecule has 0 saturated heterocycles. The summed E-state index contributed by atoms with van der Waals surface area (Å²) in [5.41, 5.74) is 1.96. The summed E-state index contributed by atoms with van der Waals surface area (Å²) >= 11 is 14.6. The van der Waals surface area contributed by atoms with Crippen LogP contribution in [0.4, 0.5) is 5.69 Å². The van der Waals surface area contributed by atoms with Crippen molar-refractivity contribution < 1.29 is 4.79 Å². The molecule has 0 atom stereocenters. The number of halogens is 2. The lowest BCUT2D eigenvalue weighted by Crippen LogP contribution is -2.10. The molecule has 2 aromatic rings. The lowest BCUT2D eigenvalue weighted by Gasteiger charge is -2.07. The van der Waals surface area contributed by atoms with E-state index in [2.05, 4.69) is 23.5 Å². The molecule has 0 aliphatic rings. The minimum absolute atomic E-state index is 0.161. The van der Waals surface area contributed by atoms with Gasteiger partial charge in [0, 0.05) is 11.4 Å². The molecule has 22 heavy (non-hydrogen) atoms. The fourth-order valence-corrected chi connectivity index (χ4v) is 3.81. The number of benzene rings is 1. The Kier molecular flexibility index (Phi) is 6.56. The van der Waals surface area contributed by atoms with E-state index in [1.165, 1.54) is 5.56 Å². The predicted molar refractivity (Wildman–Crippen MR) is 97.5 cm³/mol. The molecule has 0 aliphatic carbocycles. The van der Waals surface area contributed by atoms with E-state index < -0.39 is 0 Å². The van der Waals surface area contributed by atoms with Crippen LogP contribution in [0.25, 0.3) is 0 Å². The molecule has 1 N–H and O–H groups in total. The van der Waals surface area contributed by atoms with Gasteiger partial charge in [-0.15, -0.1) is 0 Å². The van der Waals surface area contributed by atoms with E-state index in [9.17, 15) is 4.79 Å². The number of thioether (sulfide) groups is 1. The second-order valence-electron chi connectivity index (χ2n) is 5.18. The van der Waals surface area contributed by atoms with Crippen LogP contribution in [0.2, 0.25) is 10.2 Å². The average molecular weight is 375 g/mol. The number of carbonyl (C=O) groups excluding carboxylic acids is 1. The number of carbonyl (C=O) groups is 1. The van der Waals surface area contributed by atoms with Crippen LogP contribution in [-0.2, 0) is 5.75 Å². The predicted octanol–water partition coefficient (Wildman–Crippen LogP) is 5.59. The third kappa shape index (κ3) is 4.88. The zero-order chi connectivity index (χ0) is 16.1. The monoisotopic (exact) mass is 374 g/mol. The van der Waals surface area contributed by atoms with Crippen LogP contribution in [0.1, 0.15) is 29.1 Å². The third-order valence-corrected chi connectivity index (χ3v) is 5.97. The van der Waals surface area contributed by atoms with E-state index in [-0.39, 0.29) is 16.1 Å². The molecule has 1 aromatic heterocycles. The van der Waals surface area contributed by atoms with Gasteiger partial charge in [0.2, 0.25) is 0 Å². The summed E-state index contributed by atoms with van der Waals surface area (Å²) in [5, 5.41) is 3.16. The number of hydrogen-bond donors (Lipinski definition) is 1. The number of amides is 1. The molecule has 2 rings (SSSR count). The van der Waals surface area contributed by atoms with Crippen molar-refractivity contribution in [2.24, 2.45) is 5.92 Å². The first-order valence-electron chi connectivity index (χ1n) is 6.76. The number of nitrogens with one attached hydrogen (secondary N) is 1. The summed E-state index contributed by atoms with van der Waals surface area (Å²) in [7, 11) is 0. The van der Waals surface area contributed by atoms with Gasteiger partial charge in [-0.3, -0.25) is 4.79 Å². The second-order valence-corrected chi connectivity index (χ2v) is 7.72. The Labute approximate surface area is 148 Å². The summed E-state index contributed by atoms with van der Waals surface area (Å²) < 4.78 is 3.85. The van der Waals surface area contributed by atoms with Gasteiger partial charge in [0.25, 0.3) is 5.91 Å². The van der Waals surface area contributed by atoms with Crippen molar-refractivity contribution in [3.63, 3.8) is 0 Å². The van der Waals surface area contributed by atoms with Gasteiger partial charge in [0.1, 0.15) is 9.90 Å². The third-order valence-electron chi connectivity index (χ3n) is 2.74. The summed E-state index contributed by atoms with van der Waals surface area (Å²) in [6, 6.07) is 7.81. The minimum atomic E-state index is -0.295. The van der Waals surface area contributed by atoms with Gasteiger partial charge in [-0.1, -0.05) is 49.2 Å². The lowest BCUT2D eigenvalue weighted by atomic mass is 10.2. The molecule has 0 bridgehead atoms. The Hall–Kier alpha value is -0.750. The first-order chi connectivity index (χ1) is 10.5. The van der Waals surface area contributed by atoms with Gasteiger partial charge in [-0.2, -0.15) is 16.1 Å². The van der Waals surface area contributed by atoms with Gasteiger partial charge in [0.05, 0.1) is 0 Å². The van der Waals surface area contributed by atoms with Crippen LogP contribution in [0.3, 0.4) is 0 Å². The Morgan fingerprint density at radius 3 is 2.55 bits per heavy atom. The lowest BCUT2D eigenvalue weighted by molar-refractivity contribution is 0.103. The van der Waals surface area contributed by atoms with Crippen molar-refractivity contribution in [1.82, 2.24) is 4.37 Å². The van der Waals surface area contributed by atoms with Crippen molar-refractivity contribution in [3.05, 3.63) is 44.9 Å². The van der Waals surface area contributed by atoms with Gasteiger partial charge in [0.15, 0.2) is 5.15 Å². The highest BCUT2D eigenvalue weighted by Crippen LogP contribution is 2.29. The highest BCUT2D eigenvalue weighted by atomic mass is 35.5. The van der Waals surface area contributed by atoms with E-state index >= 15 is 0 Å². The quantitative estimate of drug-likeness (QED) is 0.715. The number of anilines is 1. The van der Waals surface area contributed by atoms with E-state index in [4.69, 9.17) is 23.2 Å². The Balaban J connectivity index is 1.93. The number of rotatable bonds is 6. The molecule has 1 heterocycles. The second kappa shape index (κ2) is 8.20. The molecule has 1 amide bonds. The summed E-state index contributed by atoms with van der Waals surface area (Å²) in [4.78, 5) is 12.4. The van der Waals surface area contributed by atoms with Gasteiger partial charge in [-0.25, -0.2) is 0 Å². The maximum Gasteiger partial charge on any atom is 0.268 e. The fraction of sp³-hybridized carbons (Fsp3) is 0.333. The van der Waals surface area contributed by atoms with Crippen molar-refractivity contribution in [2.75, 3.05) is 11.1 Å². The molecule has 0 spiro atoms. The van der Waals surface area contributed by atoms with Crippen LogP contribution in [0.15, 0.2) is 24.3 Å². The van der Waals surface area contributed by atoms with E-state index in [0.29, 0.717) is 10.8 Å². The zero-order valence-electron chi connectivity index (χ0n) is 12.2. The van der Waals surface area contributed by atoms with Crippen LogP contribution in [0.5, 0.6) is 0 Å². The molecule has 0 unspecified atom stereocenters. The molecular weight excluding hydrogens is 359 g/mol. The Bertz CT molecular complexity index is 641. The van der Waals surface area contributed by atoms with Crippen molar-refractivity contribution in [2.45, 2.75) is 19.6 Å². The molecule has 0 aliphatic heterocycles. The first kappa shape index (κ1) is 17.6. The summed E-state index contributed by atoms with van der Waals surface area (Å²) in [6.45, 7) is 4.42. The van der Waals surface area contributed by atoms with Crippen LogP contribution in [0, 0.1) is 5.92 Å². The molecule has 7 heteroatoms. The van der Waals surface area contributed by atoms with Crippen molar-refractivity contribution >= 4 is 58.1 Å². The van der Waals surface area contributed by atoms with Gasteiger partial charge in [-0.05, 0) is 40.9 Å². The van der Waals surface area contributed by atoms with Gasteiger partial charge < -0.3 is 5.32 Å². The molecule has 0 fully saturated rings. The standard InChI is InChI=1S/C15H16Cl2N2OS2/c1-9(2)7-21-8-10-3-5-11(6-4-10)18-15(20)13-12(16)14(17)19-22-13/h3-6,9H,7-8H2,1-2H3,(H,18,20). The van der Waals surface area contributed by atoms with Crippen LogP contribution in [-0.4, -0.2) is 16.0 Å². The van der Waals surface area contributed by atoms with E-state index in [1.807, 2.05) is 36.0 Å². The van der Waals surface area contributed by atoms with E-state index in [1.54, 1.807) is 0 Å². The van der Waals surface area contributed by atoms with Crippen LogP contribution >= 0.6 is 46.5 Å². The van der Waals surface area contributed by atoms with Crippen molar-refractivity contribution in [3.8, 4) is 0 Å². The fourth-order valence-electron chi connectivity index (χ4n) is 1.69. The number of hydrogen-bond acceptors (Lipinski definition) is 4. The van der Waals surface area contributed by atoms with Crippen LogP contribution < -0.4 is 5.32 Å². The molecule has 1 aromatic carbocycles. The Morgan fingerprint density at radius 2 is 2.00 bits per heavy atom. The zero-order valence-corrected chi connectivity index (χ0v) is 15.4. The molecule has 118 valence electrons. The largest absolute Gasteiger partial charge is 0.321 e. The SMILES string of the molecule is CC(C)CSCc1ccc(NC(=O)c2snc(Cl)c2Cl)cc1. The minimum Gasteiger partial charge on any atom is -0.321 e. The topological polar surface area (TPSA) is 42.0 Å². The molecule has 0 radical (unpaired) electrons. The summed E-state index contributed by atoms with van der Waals surface area (Å²) in [6.07, 6.45) is 0. The van der Waals surface area contributed by atoms with Crippen molar-refractivity contribution in [1.29, 1.82) is 0 Å². The van der Waals surface area contributed by atoms with E-state index in [0.717, 1.165) is 28.7 Å². The maximum atomic E-state index is 12.1. The number of nitrogens with zero attached hydrogens (tertiary/aromatic N) is 1. The summed E-state index contributed by atoms with van der Waals surface area (Å²) in [5.74, 6) is 2.52. The Morgan fingerprint density at radius 1 is 1.32 bits per heavy atom. The first-order valence-corrected chi connectivity index (χ1v) is 9.44. The number of aromatic nitrogens is 1. The molecular formula is C15H16Cl2N2OS2. The maximum absolute atomic E-state index is 12.1. The van der Waals surface area contributed by atoms with Gasteiger partial charge >= 0.3 is 0 Å². The molecule has 3 nitrogen and oxygen atoms in total. The normalized spacial score (nSPS) is 11.0.